The van der Waals surface area contributed by atoms with Crippen LogP contribution in [-0.4, -0.2) is 49.3 Å². The Kier molecular flexibility index (Phi) is 9.91. The number of aryl methyl sites for hydroxylation is 1. The Morgan fingerprint density at radius 1 is 0.951 bits per heavy atom. The maximum absolute atomic E-state index is 13.2. The van der Waals surface area contributed by atoms with Crippen molar-refractivity contribution >= 4 is 40.4 Å². The highest BCUT2D eigenvalue weighted by molar-refractivity contribution is 6.31. The maximum Gasteiger partial charge on any atom is 0.269 e. The van der Waals surface area contributed by atoms with Crippen LogP contribution in [0.5, 0.6) is 5.75 Å². The molecule has 0 aliphatic heterocycles. The predicted molar refractivity (Wildman–Crippen MR) is 157 cm³/mol. The minimum atomic E-state index is -0.479. The highest BCUT2D eigenvalue weighted by Gasteiger charge is 2.20. The van der Waals surface area contributed by atoms with Gasteiger partial charge in [0.1, 0.15) is 22.5 Å². The first-order valence-corrected chi connectivity index (χ1v) is 14.0. The van der Waals surface area contributed by atoms with E-state index in [9.17, 15) is 19.5 Å². The number of nitrogens with zero attached hydrogens (tertiary/aromatic N) is 4. The molecule has 0 saturated heterocycles. The van der Waals surface area contributed by atoms with Crippen molar-refractivity contribution < 1.29 is 19.5 Å². The third kappa shape index (κ3) is 7.61. The number of aromatic nitrogens is 3. The number of carbonyl (C=O) groups is 3. The second-order valence-electron chi connectivity index (χ2n) is 9.64. The van der Waals surface area contributed by atoms with Crippen molar-refractivity contribution in [1.82, 2.24) is 30.7 Å². The number of hydrazine groups is 1. The SMILES string of the molecule is CCCCN(Cc1cc(CC)cc(-n2nc3ccc(Cl)cc3n2)c1O)C(=O)CCC(=O)NNC(=O)c1ccccc1. The Labute approximate surface area is 243 Å². The molecule has 0 atom stereocenters. The Morgan fingerprint density at radius 2 is 1.71 bits per heavy atom. The average Bonchev–Trinajstić information content (AvgIpc) is 3.40. The summed E-state index contributed by atoms with van der Waals surface area (Å²) >= 11 is 6.10. The normalized spacial score (nSPS) is 10.9. The molecule has 0 bridgehead atoms. The largest absolute Gasteiger partial charge is 0.505 e. The lowest BCUT2D eigenvalue weighted by atomic mass is 10.0. The number of amides is 3. The Bertz CT molecular complexity index is 1540. The third-order valence-electron chi connectivity index (χ3n) is 6.61. The molecule has 11 heteroatoms. The number of halogens is 1. The number of hydrogen-bond acceptors (Lipinski definition) is 6. The molecule has 0 unspecified atom stereocenters. The molecular weight excluding hydrogens is 544 g/mol. The number of benzene rings is 3. The highest BCUT2D eigenvalue weighted by atomic mass is 35.5. The van der Waals surface area contributed by atoms with Crippen LogP contribution in [0.4, 0.5) is 0 Å². The van der Waals surface area contributed by atoms with E-state index in [1.54, 1.807) is 53.4 Å². The molecule has 4 rings (SSSR count). The number of phenolic OH excluding ortho intramolecular Hbond substituents is 1. The van der Waals surface area contributed by atoms with Crippen molar-refractivity contribution in [2.24, 2.45) is 0 Å². The number of nitrogens with one attached hydrogen (secondary N) is 2. The number of rotatable bonds is 11. The van der Waals surface area contributed by atoms with Crippen LogP contribution >= 0.6 is 11.6 Å². The lowest BCUT2D eigenvalue weighted by molar-refractivity contribution is -0.134. The molecule has 3 N–H and O–H groups in total. The monoisotopic (exact) mass is 576 g/mol. The second kappa shape index (κ2) is 13.8. The summed E-state index contributed by atoms with van der Waals surface area (Å²) in [6, 6.07) is 17.4. The number of fused-ring (bicyclic) bond motifs is 1. The average molecular weight is 577 g/mol. The first kappa shape index (κ1) is 29.5. The van der Waals surface area contributed by atoms with E-state index in [1.165, 1.54) is 4.80 Å². The Balaban J connectivity index is 1.46. The second-order valence-corrected chi connectivity index (χ2v) is 10.1. The van der Waals surface area contributed by atoms with Crippen LogP contribution in [0.15, 0.2) is 60.7 Å². The zero-order valence-corrected chi connectivity index (χ0v) is 23.8. The summed E-state index contributed by atoms with van der Waals surface area (Å²) in [7, 11) is 0. The molecule has 0 radical (unpaired) electrons. The zero-order valence-electron chi connectivity index (χ0n) is 23.1. The first-order chi connectivity index (χ1) is 19.8. The highest BCUT2D eigenvalue weighted by Crippen LogP contribution is 2.30. The molecule has 0 aliphatic rings. The summed E-state index contributed by atoms with van der Waals surface area (Å²) in [4.78, 5) is 40.8. The van der Waals surface area contributed by atoms with Gasteiger partial charge in [0.15, 0.2) is 0 Å². The molecule has 41 heavy (non-hydrogen) atoms. The molecule has 0 saturated carbocycles. The number of carbonyl (C=O) groups excluding carboxylic acids is 3. The minimum absolute atomic E-state index is 0.0238. The van der Waals surface area contributed by atoms with E-state index < -0.39 is 11.8 Å². The molecule has 3 aromatic carbocycles. The van der Waals surface area contributed by atoms with Crippen molar-refractivity contribution in [3.63, 3.8) is 0 Å². The van der Waals surface area contributed by atoms with E-state index in [-0.39, 0.29) is 31.0 Å². The topological polar surface area (TPSA) is 129 Å². The lowest BCUT2D eigenvalue weighted by Crippen LogP contribution is -2.42. The van der Waals surface area contributed by atoms with E-state index in [2.05, 4.69) is 21.0 Å². The molecule has 214 valence electrons. The van der Waals surface area contributed by atoms with Gasteiger partial charge in [-0.1, -0.05) is 56.1 Å². The van der Waals surface area contributed by atoms with Gasteiger partial charge in [-0.25, -0.2) is 0 Å². The molecule has 4 aromatic rings. The van der Waals surface area contributed by atoms with Gasteiger partial charge in [-0.15, -0.1) is 15.0 Å². The van der Waals surface area contributed by atoms with Crippen LogP contribution in [-0.2, 0) is 22.6 Å². The molecule has 1 aromatic heterocycles. The van der Waals surface area contributed by atoms with E-state index in [4.69, 9.17) is 11.6 Å². The molecule has 3 amide bonds. The summed E-state index contributed by atoms with van der Waals surface area (Å²) in [6.45, 7) is 4.65. The van der Waals surface area contributed by atoms with Crippen LogP contribution < -0.4 is 10.9 Å². The smallest absolute Gasteiger partial charge is 0.269 e. The Hall–Kier alpha value is -4.44. The van der Waals surface area contributed by atoms with Crippen molar-refractivity contribution in [2.45, 2.75) is 52.5 Å². The number of aromatic hydroxyl groups is 1. The fraction of sp³-hybridized carbons (Fsp3) is 0.300. The van der Waals surface area contributed by atoms with Crippen molar-refractivity contribution in [1.29, 1.82) is 0 Å². The summed E-state index contributed by atoms with van der Waals surface area (Å²) in [5.41, 5.74) is 8.27. The lowest BCUT2D eigenvalue weighted by Gasteiger charge is -2.24. The summed E-state index contributed by atoms with van der Waals surface area (Å²) in [5.74, 6) is -1.18. The maximum atomic E-state index is 13.2. The van der Waals surface area contributed by atoms with E-state index >= 15 is 0 Å². The first-order valence-electron chi connectivity index (χ1n) is 13.6. The molecule has 10 nitrogen and oxygen atoms in total. The Morgan fingerprint density at radius 3 is 2.44 bits per heavy atom. The van der Waals surface area contributed by atoms with Crippen molar-refractivity contribution in [3.8, 4) is 11.4 Å². The predicted octanol–water partition coefficient (Wildman–Crippen LogP) is 4.71. The van der Waals surface area contributed by atoms with Crippen molar-refractivity contribution in [3.05, 3.63) is 82.4 Å². The summed E-state index contributed by atoms with van der Waals surface area (Å²) < 4.78 is 0. The van der Waals surface area contributed by atoms with Gasteiger partial charge in [0.2, 0.25) is 11.8 Å². The number of unbranched alkanes of at least 4 members (excludes halogenated alkanes) is 1. The van der Waals surface area contributed by atoms with E-state index in [1.807, 2.05) is 26.0 Å². The minimum Gasteiger partial charge on any atom is -0.505 e. The molecule has 1 heterocycles. The van der Waals surface area contributed by atoms with E-state index in [0.29, 0.717) is 45.8 Å². The standard InChI is InChI=1S/C30H33ClN6O4/c1-3-5-15-36(28(39)14-13-27(38)32-33-30(41)21-9-7-6-8-10-21)19-22-16-20(4-2)17-26(29(22)40)37-34-24-12-11-23(31)18-25(24)35-37/h6-12,16-18,40H,3-5,13-15,19H2,1-2H3,(H,32,38)(H,33,41). The van der Waals surface area contributed by atoms with E-state index in [0.717, 1.165) is 18.4 Å². The van der Waals surface area contributed by atoms with Gasteiger partial charge in [-0.2, -0.15) is 0 Å². The summed E-state index contributed by atoms with van der Waals surface area (Å²) in [5, 5.41) is 20.8. The fourth-order valence-corrected chi connectivity index (χ4v) is 4.46. The van der Waals surface area contributed by atoms with Gasteiger partial charge >= 0.3 is 0 Å². The van der Waals surface area contributed by atoms with Gasteiger partial charge < -0.3 is 10.0 Å². The van der Waals surface area contributed by atoms with Crippen LogP contribution in [0.2, 0.25) is 5.02 Å². The quantitative estimate of drug-likeness (QED) is 0.222. The number of hydrogen-bond donors (Lipinski definition) is 3. The molecule has 0 spiro atoms. The van der Waals surface area contributed by atoms with Crippen LogP contribution in [0.25, 0.3) is 16.7 Å². The fourth-order valence-electron chi connectivity index (χ4n) is 4.29. The third-order valence-corrected chi connectivity index (χ3v) is 6.84. The van der Waals surface area contributed by atoms with Gasteiger partial charge in [-0.05, 0) is 54.8 Å². The van der Waals surface area contributed by atoms with Crippen molar-refractivity contribution in [2.75, 3.05) is 6.54 Å². The molecular formula is C30H33ClN6O4. The van der Waals surface area contributed by atoms with Crippen LogP contribution in [0, 0.1) is 0 Å². The molecule has 0 fully saturated rings. The summed E-state index contributed by atoms with van der Waals surface area (Å²) in [6.07, 6.45) is 2.18. The van der Waals surface area contributed by atoms with Gasteiger partial charge in [-0.3, -0.25) is 25.2 Å². The van der Waals surface area contributed by atoms with Gasteiger partial charge in [0.25, 0.3) is 5.91 Å². The van der Waals surface area contributed by atoms with Crippen LogP contribution in [0.3, 0.4) is 0 Å². The number of phenols is 1. The molecule has 0 aliphatic carbocycles. The van der Waals surface area contributed by atoms with Gasteiger partial charge in [0, 0.05) is 42.1 Å². The van der Waals surface area contributed by atoms with Gasteiger partial charge in [0.05, 0.1) is 0 Å². The zero-order chi connectivity index (χ0) is 29.4. The van der Waals surface area contributed by atoms with Crippen LogP contribution in [0.1, 0.15) is 61.0 Å².